The van der Waals surface area contributed by atoms with Crippen LogP contribution in [0.3, 0.4) is 0 Å². The lowest BCUT2D eigenvalue weighted by molar-refractivity contribution is -0.383. The van der Waals surface area contributed by atoms with Crippen LogP contribution >= 0.6 is 0 Å². The predicted molar refractivity (Wildman–Crippen MR) is 108 cm³/mol. The summed E-state index contributed by atoms with van der Waals surface area (Å²) in [6.07, 6.45) is 0. The Kier molecular flexibility index (Phi) is 3.76. The van der Waals surface area contributed by atoms with Gasteiger partial charge in [-0.2, -0.15) is 5.10 Å². The van der Waals surface area contributed by atoms with Crippen molar-refractivity contribution in [2.24, 2.45) is 0 Å². The molecule has 0 bridgehead atoms. The van der Waals surface area contributed by atoms with Crippen molar-refractivity contribution in [1.29, 1.82) is 0 Å². The average Bonchev–Trinajstić information content (AvgIpc) is 3.31. The van der Waals surface area contributed by atoms with Crippen molar-refractivity contribution in [3.05, 3.63) is 46.5 Å². The van der Waals surface area contributed by atoms with Gasteiger partial charge in [0, 0.05) is 43.3 Å². The fraction of sp³-hybridized carbons (Fsp3) is 0.263. The van der Waals surface area contributed by atoms with Crippen molar-refractivity contribution in [3.8, 4) is 11.5 Å². The molecule has 4 aromatic rings. The molecule has 2 N–H and O–H groups in total. The Labute approximate surface area is 160 Å². The Morgan fingerprint density at radius 1 is 1.14 bits per heavy atom. The maximum absolute atomic E-state index is 11.2. The second kappa shape index (κ2) is 6.31. The van der Waals surface area contributed by atoms with Gasteiger partial charge in [-0.25, -0.2) is 4.98 Å². The number of anilines is 1. The smallest absolute Gasteiger partial charge is 0.294 e. The first-order valence-corrected chi connectivity index (χ1v) is 9.15. The van der Waals surface area contributed by atoms with Crippen LogP contribution in [0.5, 0.6) is 0 Å². The summed E-state index contributed by atoms with van der Waals surface area (Å²) in [4.78, 5) is 23.5. The van der Waals surface area contributed by atoms with Gasteiger partial charge in [-0.3, -0.25) is 15.2 Å². The highest BCUT2D eigenvalue weighted by molar-refractivity contribution is 5.97. The van der Waals surface area contributed by atoms with Crippen LogP contribution < -0.4 is 4.90 Å². The highest BCUT2D eigenvalue weighted by atomic mass is 16.6. The van der Waals surface area contributed by atoms with Crippen molar-refractivity contribution in [1.82, 2.24) is 25.1 Å². The highest BCUT2D eigenvalue weighted by Gasteiger charge is 2.20. The second-order valence-corrected chi connectivity index (χ2v) is 7.11. The SMILES string of the molecule is CN1CCN(c2ccc3nc(-c4n[nH]c5c([N+](=O)[O-])cccc45)[nH]c3c2)CC1. The highest BCUT2D eigenvalue weighted by Crippen LogP contribution is 2.31. The van der Waals surface area contributed by atoms with E-state index in [1.807, 2.05) is 12.1 Å². The topological polar surface area (TPSA) is 107 Å². The van der Waals surface area contributed by atoms with Crippen LogP contribution in [0.1, 0.15) is 0 Å². The lowest BCUT2D eigenvalue weighted by atomic mass is 10.2. The number of H-pyrrole nitrogens is 2. The van der Waals surface area contributed by atoms with E-state index < -0.39 is 4.92 Å². The Balaban J connectivity index is 1.54. The fourth-order valence-electron chi connectivity index (χ4n) is 3.73. The summed E-state index contributed by atoms with van der Waals surface area (Å²) in [5, 5.41) is 19.0. The molecule has 9 nitrogen and oxygen atoms in total. The summed E-state index contributed by atoms with van der Waals surface area (Å²) in [7, 11) is 2.14. The van der Waals surface area contributed by atoms with Gasteiger partial charge in [-0.05, 0) is 31.3 Å². The third kappa shape index (κ3) is 2.67. The van der Waals surface area contributed by atoms with Crippen LogP contribution in [-0.2, 0) is 0 Å². The number of nitro benzene ring substituents is 1. The average molecular weight is 377 g/mol. The number of piperazine rings is 1. The maximum Gasteiger partial charge on any atom is 0.294 e. The van der Waals surface area contributed by atoms with Crippen molar-refractivity contribution >= 4 is 33.3 Å². The van der Waals surface area contributed by atoms with E-state index in [1.165, 1.54) is 11.8 Å². The van der Waals surface area contributed by atoms with Gasteiger partial charge in [0.2, 0.25) is 0 Å². The number of likely N-dealkylation sites (N-methyl/N-ethyl adjacent to an activating group) is 1. The van der Waals surface area contributed by atoms with Gasteiger partial charge in [-0.1, -0.05) is 6.07 Å². The molecule has 0 radical (unpaired) electrons. The molecule has 0 saturated carbocycles. The zero-order valence-electron chi connectivity index (χ0n) is 15.3. The van der Waals surface area contributed by atoms with Gasteiger partial charge in [0.15, 0.2) is 5.82 Å². The summed E-state index contributed by atoms with van der Waals surface area (Å²) in [6.45, 7) is 4.09. The number of para-hydroxylation sites is 1. The number of non-ortho nitro benzene ring substituents is 1. The largest absolute Gasteiger partial charge is 0.369 e. The van der Waals surface area contributed by atoms with Crippen molar-refractivity contribution in [3.63, 3.8) is 0 Å². The van der Waals surface area contributed by atoms with E-state index in [-0.39, 0.29) is 5.69 Å². The number of nitrogens with one attached hydrogen (secondary N) is 2. The quantitative estimate of drug-likeness (QED) is 0.420. The summed E-state index contributed by atoms with van der Waals surface area (Å²) in [6, 6.07) is 11.1. The number of hydrogen-bond acceptors (Lipinski definition) is 6. The molecule has 0 aliphatic carbocycles. The van der Waals surface area contributed by atoms with Gasteiger partial charge < -0.3 is 14.8 Å². The third-order valence-electron chi connectivity index (χ3n) is 5.33. The first-order chi connectivity index (χ1) is 13.6. The molecule has 1 aliphatic rings. The summed E-state index contributed by atoms with van der Waals surface area (Å²) in [5.74, 6) is 0.595. The Hall–Kier alpha value is -3.46. The molecule has 1 saturated heterocycles. The van der Waals surface area contributed by atoms with Crippen molar-refractivity contribution in [2.75, 3.05) is 38.1 Å². The third-order valence-corrected chi connectivity index (χ3v) is 5.33. The van der Waals surface area contributed by atoms with E-state index in [2.05, 4.69) is 49.1 Å². The molecule has 0 spiro atoms. The zero-order valence-corrected chi connectivity index (χ0v) is 15.3. The Morgan fingerprint density at radius 2 is 1.96 bits per heavy atom. The monoisotopic (exact) mass is 377 g/mol. The van der Waals surface area contributed by atoms with E-state index in [9.17, 15) is 10.1 Å². The molecule has 0 atom stereocenters. The van der Waals surface area contributed by atoms with Gasteiger partial charge in [0.25, 0.3) is 5.69 Å². The Morgan fingerprint density at radius 3 is 2.75 bits per heavy atom. The van der Waals surface area contributed by atoms with Crippen LogP contribution in [0.25, 0.3) is 33.5 Å². The molecule has 1 aliphatic heterocycles. The minimum absolute atomic E-state index is 0.00436. The molecular formula is C19H19N7O2. The lowest BCUT2D eigenvalue weighted by Gasteiger charge is -2.34. The molecular weight excluding hydrogens is 358 g/mol. The van der Waals surface area contributed by atoms with Crippen molar-refractivity contribution in [2.45, 2.75) is 0 Å². The zero-order chi connectivity index (χ0) is 19.3. The molecule has 0 amide bonds. The summed E-state index contributed by atoms with van der Waals surface area (Å²) < 4.78 is 0. The molecule has 5 rings (SSSR count). The van der Waals surface area contributed by atoms with Gasteiger partial charge in [0.05, 0.1) is 16.0 Å². The Bertz CT molecular complexity index is 1190. The second-order valence-electron chi connectivity index (χ2n) is 7.11. The first kappa shape index (κ1) is 16.7. The molecule has 142 valence electrons. The molecule has 9 heteroatoms. The van der Waals surface area contributed by atoms with Crippen LogP contribution in [0.4, 0.5) is 11.4 Å². The number of nitro groups is 1. The van der Waals surface area contributed by atoms with Crippen LogP contribution in [-0.4, -0.2) is 63.2 Å². The van der Waals surface area contributed by atoms with Crippen LogP contribution in [0, 0.1) is 10.1 Å². The van der Waals surface area contributed by atoms with Crippen molar-refractivity contribution < 1.29 is 4.92 Å². The van der Waals surface area contributed by atoms with Crippen LogP contribution in [0.2, 0.25) is 0 Å². The predicted octanol–water partition coefficient (Wildman–Crippen LogP) is 2.77. The minimum atomic E-state index is -0.411. The normalized spacial score (nSPS) is 15.5. The van der Waals surface area contributed by atoms with Gasteiger partial charge in [0.1, 0.15) is 11.2 Å². The number of benzene rings is 2. The summed E-state index contributed by atoms with van der Waals surface area (Å²) in [5.41, 5.74) is 3.92. The number of aromatic amines is 2. The fourth-order valence-corrected chi connectivity index (χ4v) is 3.73. The van der Waals surface area contributed by atoms with E-state index in [1.54, 1.807) is 6.07 Å². The number of hydrogen-bond donors (Lipinski definition) is 2. The molecule has 2 aromatic carbocycles. The number of rotatable bonds is 3. The molecule has 1 fully saturated rings. The van der Waals surface area contributed by atoms with Gasteiger partial charge >= 0.3 is 0 Å². The molecule has 28 heavy (non-hydrogen) atoms. The maximum atomic E-state index is 11.2. The summed E-state index contributed by atoms with van der Waals surface area (Å²) >= 11 is 0. The van der Waals surface area contributed by atoms with Crippen LogP contribution in [0.15, 0.2) is 36.4 Å². The molecule has 3 heterocycles. The van der Waals surface area contributed by atoms with Gasteiger partial charge in [-0.15, -0.1) is 0 Å². The number of imidazole rings is 1. The first-order valence-electron chi connectivity index (χ1n) is 9.15. The number of aromatic nitrogens is 4. The molecule has 2 aromatic heterocycles. The van der Waals surface area contributed by atoms with E-state index in [0.717, 1.165) is 37.2 Å². The standard InChI is InChI=1S/C19H19N7O2/c1-24-7-9-25(10-8-24)12-5-6-14-15(11-12)21-19(20-14)18-13-3-2-4-16(26(27)28)17(13)22-23-18/h2-6,11H,7-10H2,1H3,(H,20,21)(H,22,23). The van der Waals surface area contributed by atoms with E-state index in [4.69, 9.17) is 0 Å². The molecule has 0 unspecified atom stereocenters. The minimum Gasteiger partial charge on any atom is -0.369 e. The van der Waals surface area contributed by atoms with E-state index >= 15 is 0 Å². The number of fused-ring (bicyclic) bond motifs is 2. The lowest BCUT2D eigenvalue weighted by Crippen LogP contribution is -2.44. The van der Waals surface area contributed by atoms with E-state index in [0.29, 0.717) is 22.4 Å². The number of nitrogens with zero attached hydrogens (tertiary/aromatic N) is 5.